The molecule has 0 saturated heterocycles. The van der Waals surface area contributed by atoms with Crippen LogP contribution in [0.5, 0.6) is 0 Å². The van der Waals surface area contributed by atoms with Gasteiger partial charge in [-0.15, -0.1) is 0 Å². The van der Waals surface area contributed by atoms with Crippen LogP contribution in [-0.4, -0.2) is 34.7 Å². The number of hydrogen-bond acceptors (Lipinski definition) is 3. The fourth-order valence-corrected chi connectivity index (χ4v) is 1.01. The van der Waals surface area contributed by atoms with Crippen LogP contribution in [0.25, 0.3) is 0 Å². The average molecular weight is 253 g/mol. The summed E-state index contributed by atoms with van der Waals surface area (Å²) in [6, 6.07) is -1.68. The molecule has 0 unspecified atom stereocenters. The van der Waals surface area contributed by atoms with Crippen LogP contribution in [0.1, 0.15) is 34.1 Å². The van der Waals surface area contributed by atoms with Gasteiger partial charge >= 0.3 is 12.1 Å². The highest BCUT2D eigenvalue weighted by Gasteiger charge is 2.33. The molecular weight excluding hydrogens is 236 g/mol. The van der Waals surface area contributed by atoms with Crippen molar-refractivity contribution in [3.63, 3.8) is 0 Å². The van der Waals surface area contributed by atoms with Gasteiger partial charge in [0, 0.05) is 6.42 Å². The van der Waals surface area contributed by atoms with Gasteiger partial charge in [0.15, 0.2) is 0 Å². The van der Waals surface area contributed by atoms with Crippen molar-refractivity contribution in [1.29, 1.82) is 0 Å². The van der Waals surface area contributed by atoms with Crippen molar-refractivity contribution in [2.45, 2.75) is 51.7 Å². The molecule has 0 aliphatic carbocycles. The van der Waals surface area contributed by atoms with Crippen molar-refractivity contribution in [2.75, 3.05) is 0 Å². The van der Waals surface area contributed by atoms with Crippen molar-refractivity contribution >= 4 is 12.1 Å². The molecule has 5 nitrogen and oxygen atoms in total. The number of amides is 1. The molecule has 0 aromatic heterocycles. The Morgan fingerprint density at radius 1 is 1.29 bits per heavy atom. The van der Waals surface area contributed by atoms with Gasteiger partial charge in [0.25, 0.3) is 0 Å². The number of alkyl halides is 2. The molecule has 0 radical (unpaired) electrons. The number of carbonyl (C=O) groups excluding carboxylic acids is 1. The Kier molecular flexibility index (Phi) is 4.85. The summed E-state index contributed by atoms with van der Waals surface area (Å²) >= 11 is 0. The molecule has 0 aromatic rings. The van der Waals surface area contributed by atoms with E-state index in [1.54, 1.807) is 20.8 Å². The number of alkyl carbamates (subject to hydrolysis) is 1. The highest BCUT2D eigenvalue weighted by atomic mass is 19.3. The summed E-state index contributed by atoms with van der Waals surface area (Å²) in [4.78, 5) is 21.9. The smallest absolute Gasteiger partial charge is 0.408 e. The van der Waals surface area contributed by atoms with E-state index in [-0.39, 0.29) is 0 Å². The first kappa shape index (κ1) is 15.6. The first-order chi connectivity index (χ1) is 7.41. The average Bonchev–Trinajstić information content (AvgIpc) is 1.95. The Hall–Kier alpha value is -1.40. The molecule has 100 valence electrons. The first-order valence-electron chi connectivity index (χ1n) is 5.01. The number of carbonyl (C=O) groups is 2. The summed E-state index contributed by atoms with van der Waals surface area (Å²) in [5.74, 6) is -4.71. The van der Waals surface area contributed by atoms with E-state index in [9.17, 15) is 18.4 Å². The highest BCUT2D eigenvalue weighted by Crippen LogP contribution is 2.19. The Morgan fingerprint density at radius 2 is 1.76 bits per heavy atom. The van der Waals surface area contributed by atoms with Crippen molar-refractivity contribution in [3.05, 3.63) is 0 Å². The molecule has 17 heavy (non-hydrogen) atoms. The second-order valence-electron chi connectivity index (χ2n) is 4.81. The second-order valence-corrected chi connectivity index (χ2v) is 4.81. The number of carboxylic acid groups (broad SMARTS) is 1. The third-order valence-electron chi connectivity index (χ3n) is 1.55. The lowest BCUT2D eigenvalue weighted by atomic mass is 10.1. The minimum absolute atomic E-state index is 0.583. The van der Waals surface area contributed by atoms with Gasteiger partial charge < -0.3 is 15.2 Å². The van der Waals surface area contributed by atoms with Crippen molar-refractivity contribution in [1.82, 2.24) is 5.32 Å². The van der Waals surface area contributed by atoms with E-state index in [2.05, 4.69) is 0 Å². The molecule has 0 aromatic carbocycles. The summed E-state index contributed by atoms with van der Waals surface area (Å²) in [6.07, 6.45) is -2.02. The van der Waals surface area contributed by atoms with E-state index in [0.29, 0.717) is 6.92 Å². The van der Waals surface area contributed by atoms with Gasteiger partial charge in [-0.05, 0) is 27.7 Å². The minimum atomic E-state index is -3.18. The van der Waals surface area contributed by atoms with Crippen LogP contribution >= 0.6 is 0 Å². The third kappa shape index (κ3) is 8.41. The molecule has 0 rings (SSSR count). The van der Waals surface area contributed by atoms with E-state index in [0.717, 1.165) is 0 Å². The molecular formula is C10H17F2NO4. The Morgan fingerprint density at radius 3 is 2.06 bits per heavy atom. The molecule has 1 amide bonds. The normalized spacial score (nSPS) is 14.0. The zero-order valence-corrected chi connectivity index (χ0v) is 10.2. The van der Waals surface area contributed by atoms with Gasteiger partial charge in [0.1, 0.15) is 11.6 Å². The van der Waals surface area contributed by atoms with Crippen LogP contribution in [0.4, 0.5) is 13.6 Å². The molecule has 2 N–H and O–H groups in total. The molecule has 0 heterocycles. The summed E-state index contributed by atoms with van der Waals surface area (Å²) in [6.45, 7) is 5.32. The molecule has 0 bridgehead atoms. The number of ether oxygens (including phenoxy) is 1. The standard InChI is InChI=1S/C10H17F2NO4/c1-9(2,3)17-8(16)13-6(7(14)15)5-10(4,11)12/h6H,5H2,1-4H3,(H,13,16)(H,14,15)/t6-/m0/s1. The Labute approximate surface area is 98.1 Å². The second kappa shape index (κ2) is 5.29. The van der Waals surface area contributed by atoms with Crippen LogP contribution in [-0.2, 0) is 9.53 Å². The van der Waals surface area contributed by atoms with Crippen molar-refractivity contribution < 1.29 is 28.2 Å². The van der Waals surface area contributed by atoms with Gasteiger partial charge in [-0.1, -0.05) is 0 Å². The van der Waals surface area contributed by atoms with E-state index in [1.807, 2.05) is 5.32 Å². The monoisotopic (exact) mass is 253 g/mol. The van der Waals surface area contributed by atoms with Crippen LogP contribution < -0.4 is 5.32 Å². The number of rotatable bonds is 4. The predicted octanol–water partition coefficient (Wildman–Crippen LogP) is 2.01. The largest absolute Gasteiger partial charge is 0.480 e. The lowest BCUT2D eigenvalue weighted by molar-refractivity contribution is -0.142. The van der Waals surface area contributed by atoms with Crippen LogP contribution in [0, 0.1) is 0 Å². The first-order valence-corrected chi connectivity index (χ1v) is 5.01. The van der Waals surface area contributed by atoms with Crippen LogP contribution in [0.3, 0.4) is 0 Å². The Balaban J connectivity index is 4.47. The van der Waals surface area contributed by atoms with E-state index < -0.39 is 36.0 Å². The summed E-state index contributed by atoms with van der Waals surface area (Å²) in [5.41, 5.74) is -0.818. The third-order valence-corrected chi connectivity index (χ3v) is 1.55. The fraction of sp³-hybridized carbons (Fsp3) is 0.800. The van der Waals surface area contributed by atoms with Crippen LogP contribution in [0.15, 0.2) is 0 Å². The SMILES string of the molecule is CC(F)(F)C[C@H](NC(=O)OC(C)(C)C)C(=O)O. The Bertz CT molecular complexity index is 294. The zero-order chi connectivity index (χ0) is 13.9. The number of hydrogen-bond donors (Lipinski definition) is 2. The van der Waals surface area contributed by atoms with Gasteiger partial charge in [-0.2, -0.15) is 0 Å². The van der Waals surface area contributed by atoms with Crippen molar-refractivity contribution in [2.24, 2.45) is 0 Å². The minimum Gasteiger partial charge on any atom is -0.480 e. The zero-order valence-electron chi connectivity index (χ0n) is 10.2. The summed E-state index contributed by atoms with van der Waals surface area (Å²) < 4.78 is 30.1. The molecule has 7 heteroatoms. The van der Waals surface area contributed by atoms with Gasteiger partial charge in [0.05, 0.1) is 0 Å². The van der Waals surface area contributed by atoms with Crippen LogP contribution in [0.2, 0.25) is 0 Å². The lowest BCUT2D eigenvalue weighted by Gasteiger charge is -2.23. The topological polar surface area (TPSA) is 75.6 Å². The summed E-state index contributed by atoms with van der Waals surface area (Å²) in [7, 11) is 0. The van der Waals surface area contributed by atoms with Crippen molar-refractivity contribution in [3.8, 4) is 0 Å². The molecule has 0 aliphatic rings. The maximum Gasteiger partial charge on any atom is 0.408 e. The molecule has 0 fully saturated rings. The maximum absolute atomic E-state index is 12.7. The fourth-order valence-electron chi connectivity index (χ4n) is 1.01. The quantitative estimate of drug-likeness (QED) is 0.803. The number of nitrogens with one attached hydrogen (secondary N) is 1. The maximum atomic E-state index is 12.7. The van der Waals surface area contributed by atoms with Gasteiger partial charge in [-0.3, -0.25) is 0 Å². The number of carboxylic acids is 1. The lowest BCUT2D eigenvalue weighted by Crippen LogP contribution is -2.45. The van der Waals surface area contributed by atoms with E-state index in [1.165, 1.54) is 0 Å². The van der Waals surface area contributed by atoms with Gasteiger partial charge in [-0.25, -0.2) is 18.4 Å². The predicted molar refractivity (Wildman–Crippen MR) is 56.0 cm³/mol. The van der Waals surface area contributed by atoms with Gasteiger partial charge in [0.2, 0.25) is 5.92 Å². The molecule has 1 atom stereocenters. The molecule has 0 spiro atoms. The number of aliphatic carboxylic acids is 1. The molecule has 0 aliphatic heterocycles. The summed E-state index contributed by atoms with van der Waals surface area (Å²) in [5, 5.41) is 10.6. The van der Waals surface area contributed by atoms with E-state index >= 15 is 0 Å². The number of halogens is 2. The van der Waals surface area contributed by atoms with E-state index in [4.69, 9.17) is 9.84 Å². The highest BCUT2D eigenvalue weighted by molar-refractivity contribution is 5.80. The molecule has 0 saturated carbocycles.